The van der Waals surface area contributed by atoms with E-state index in [1.165, 1.54) is 13.3 Å². The summed E-state index contributed by atoms with van der Waals surface area (Å²) in [5.41, 5.74) is 2.79. The van der Waals surface area contributed by atoms with Crippen LogP contribution in [0.1, 0.15) is 134 Å². The van der Waals surface area contributed by atoms with Crippen molar-refractivity contribution in [1.82, 2.24) is 29.7 Å². The molecule has 7 rings (SSSR count). The molecule has 5 aromatic rings. The van der Waals surface area contributed by atoms with Crippen molar-refractivity contribution in [2.75, 3.05) is 40.5 Å². The van der Waals surface area contributed by atoms with Gasteiger partial charge in [-0.1, -0.05) is 81.3 Å². The van der Waals surface area contributed by atoms with E-state index in [4.69, 9.17) is 33.2 Å². The summed E-state index contributed by atoms with van der Waals surface area (Å²) in [6.07, 6.45) is 7.37. The third kappa shape index (κ3) is 17.1. The number of ether oxygens (including phenoxy) is 7. The maximum atomic E-state index is 13.6. The van der Waals surface area contributed by atoms with Crippen LogP contribution in [0.15, 0.2) is 110 Å². The normalized spacial score (nSPS) is 21.8. The number of ketones is 1. The van der Waals surface area contributed by atoms with Gasteiger partial charge in [-0.2, -0.15) is 0 Å². The van der Waals surface area contributed by atoms with E-state index in [1.54, 1.807) is 102 Å². The Hall–Kier alpha value is -7.35. The number of carbonyl (C=O) groups is 6. The van der Waals surface area contributed by atoms with Gasteiger partial charge < -0.3 is 48.2 Å². The predicted molar refractivity (Wildman–Crippen MR) is 292 cm³/mol. The van der Waals surface area contributed by atoms with Crippen molar-refractivity contribution in [3.8, 4) is 0 Å². The summed E-state index contributed by atoms with van der Waals surface area (Å²) in [6.45, 7) is 6.34. The van der Waals surface area contributed by atoms with Crippen molar-refractivity contribution < 1.29 is 61.9 Å². The number of esters is 4. The third-order valence-electron chi connectivity index (χ3n) is 14.0. The number of Topliss-reactive ketones (excluding diaryl/α,β-unsaturated/α-hetero) is 1. The predicted octanol–water partition coefficient (Wildman–Crippen LogP) is 8.53. The van der Waals surface area contributed by atoms with Gasteiger partial charge in [0.25, 0.3) is 0 Å². The highest BCUT2D eigenvalue weighted by atomic mass is 16.6. The fraction of sp³-hybridized carbons (Fsp3) is 0.483. The van der Waals surface area contributed by atoms with Crippen molar-refractivity contribution in [3.05, 3.63) is 132 Å². The lowest BCUT2D eigenvalue weighted by Gasteiger charge is -2.44. The fourth-order valence-electron chi connectivity index (χ4n) is 9.72. The number of fused-ring (bicyclic) bond motifs is 1. The van der Waals surface area contributed by atoms with Gasteiger partial charge in [-0.25, -0.2) is 29.3 Å². The van der Waals surface area contributed by atoms with Crippen LogP contribution in [-0.4, -0.2) is 137 Å². The molecule has 0 radical (unpaired) electrons. The van der Waals surface area contributed by atoms with Crippen molar-refractivity contribution in [2.24, 2.45) is 11.8 Å². The highest BCUT2D eigenvalue weighted by Crippen LogP contribution is 2.39. The van der Waals surface area contributed by atoms with E-state index < -0.39 is 78.6 Å². The molecule has 1 aliphatic heterocycles. The summed E-state index contributed by atoms with van der Waals surface area (Å²) in [5, 5.41) is 3.03. The second-order valence-corrected chi connectivity index (χ2v) is 20.2. The summed E-state index contributed by atoms with van der Waals surface area (Å²) in [5.74, 6) is -3.43. The first kappa shape index (κ1) is 59.3. The molecule has 1 saturated carbocycles. The Balaban J connectivity index is 0.881. The third-order valence-corrected chi connectivity index (χ3v) is 14.0. The van der Waals surface area contributed by atoms with Gasteiger partial charge in [0.05, 0.1) is 53.9 Å². The number of hydrogen-bond acceptors (Lipinski definition) is 17. The van der Waals surface area contributed by atoms with Crippen LogP contribution >= 0.6 is 0 Å². The molecule has 422 valence electrons. The molecule has 9 atom stereocenters. The van der Waals surface area contributed by atoms with Crippen LogP contribution in [0.4, 0.5) is 0 Å². The van der Waals surface area contributed by atoms with Gasteiger partial charge >= 0.3 is 23.9 Å². The second kappa shape index (κ2) is 30.1. The highest BCUT2D eigenvalue weighted by Gasteiger charge is 2.50. The average Bonchev–Trinajstić information content (AvgIpc) is 4.28. The maximum absolute atomic E-state index is 13.6. The number of amides is 1. The van der Waals surface area contributed by atoms with Crippen LogP contribution in [0.25, 0.3) is 17.2 Å². The zero-order chi connectivity index (χ0) is 56.1. The molecule has 2 aliphatic rings. The Morgan fingerprint density at radius 1 is 0.696 bits per heavy atom. The number of carbonyl (C=O) groups excluding carboxylic acids is 6. The number of imidazole rings is 1. The lowest BCUT2D eigenvalue weighted by molar-refractivity contribution is -0.158. The first-order chi connectivity index (χ1) is 38.3. The van der Waals surface area contributed by atoms with Crippen LogP contribution in [0.3, 0.4) is 0 Å². The molecule has 3 heterocycles. The fourth-order valence-corrected chi connectivity index (χ4v) is 9.72. The molecule has 19 heteroatoms. The highest BCUT2D eigenvalue weighted by molar-refractivity contribution is 5.91. The van der Waals surface area contributed by atoms with Gasteiger partial charge in [0.2, 0.25) is 5.91 Å². The molecule has 1 amide bonds. The molecular formula is C60H74N6O13. The first-order valence-corrected chi connectivity index (χ1v) is 27.4. The van der Waals surface area contributed by atoms with Crippen LogP contribution in [0.5, 0.6) is 0 Å². The number of aromatic nitrogens is 4. The van der Waals surface area contributed by atoms with Crippen molar-refractivity contribution in [3.63, 3.8) is 0 Å². The number of benzene rings is 3. The Kier molecular flexibility index (Phi) is 22.6. The number of hydrogen-bond donors (Lipinski definition) is 1. The van der Waals surface area contributed by atoms with Gasteiger partial charge in [0, 0.05) is 64.7 Å². The minimum Gasteiger partial charge on any atom is -0.462 e. The smallest absolute Gasteiger partial charge is 0.338 e. The molecule has 3 aromatic carbocycles. The van der Waals surface area contributed by atoms with E-state index in [1.807, 2.05) is 45.1 Å². The first-order valence-electron chi connectivity index (χ1n) is 27.4. The van der Waals surface area contributed by atoms with Gasteiger partial charge in [-0.15, -0.1) is 0 Å². The lowest BCUT2D eigenvalue weighted by Crippen LogP contribution is -2.54. The van der Waals surface area contributed by atoms with Crippen molar-refractivity contribution in [1.29, 1.82) is 0 Å². The number of nitrogens with one attached hydrogen (secondary N) is 1. The average molecular weight is 1090 g/mol. The minimum atomic E-state index is -0.975. The largest absolute Gasteiger partial charge is 0.462 e. The van der Waals surface area contributed by atoms with Crippen LogP contribution in [0, 0.1) is 11.8 Å². The number of unbranched alkanes of at least 4 members (excludes halogenated alkanes) is 4. The second-order valence-electron chi connectivity index (χ2n) is 20.2. The van der Waals surface area contributed by atoms with Crippen LogP contribution in [-0.2, 0) is 47.5 Å². The summed E-state index contributed by atoms with van der Waals surface area (Å²) >= 11 is 0. The Morgan fingerprint density at radius 2 is 1.32 bits per heavy atom. The van der Waals surface area contributed by atoms with E-state index in [-0.39, 0.29) is 31.1 Å². The Bertz CT molecular complexity index is 2790. The van der Waals surface area contributed by atoms with E-state index in [0.717, 1.165) is 19.3 Å². The van der Waals surface area contributed by atoms with Gasteiger partial charge in [0.15, 0.2) is 18.0 Å². The molecule has 1 aliphatic carbocycles. The van der Waals surface area contributed by atoms with Crippen LogP contribution < -0.4 is 5.32 Å². The molecule has 0 spiro atoms. The van der Waals surface area contributed by atoms with E-state index >= 15 is 0 Å². The topological polar surface area (TPSA) is 226 Å². The zero-order valence-corrected chi connectivity index (χ0v) is 45.8. The summed E-state index contributed by atoms with van der Waals surface area (Å²) < 4.78 is 45.5. The van der Waals surface area contributed by atoms with Gasteiger partial charge in [-0.05, 0) is 87.9 Å². The Morgan fingerprint density at radius 3 is 1.96 bits per heavy atom. The molecule has 2 fully saturated rings. The SMILES string of the molecule is CC[C@H]1O[C@@H](n2cnc3c(/C=C\N(C)C)ncnc32)[C@@H](OCCCCCCNC(=O)CCCCO[C@@H]2C[C@H](COC(=O)c3ccccc3)[C@H](OC(=O)c3ccccc3)[C@H](OC(=O)c3ccccc3)[C@H]2C)C1OC(=O)CCC(C)=O. The molecule has 1 saturated heterocycles. The lowest BCUT2D eigenvalue weighted by atomic mass is 9.76. The van der Waals surface area contributed by atoms with Gasteiger partial charge in [0.1, 0.15) is 35.9 Å². The van der Waals surface area contributed by atoms with E-state index in [2.05, 4.69) is 20.3 Å². The summed E-state index contributed by atoms with van der Waals surface area (Å²) in [4.78, 5) is 93.4. The maximum Gasteiger partial charge on any atom is 0.338 e. The summed E-state index contributed by atoms with van der Waals surface area (Å²) in [7, 11) is 3.83. The molecule has 2 aromatic heterocycles. The number of nitrogens with zero attached hydrogens (tertiary/aromatic N) is 5. The van der Waals surface area contributed by atoms with Gasteiger partial charge in [-0.3, -0.25) is 14.2 Å². The standard InChI is InChI=1S/C60H74N6O13/c1-6-47-54(77-50(69)30-29-40(2)67)55(57(76-47)66-39-64-51-46(31-33-65(4)5)62-38-63-56(51)66)74-35-20-8-7-19-32-61-49(68)28-18-21-34-73-48-36-45(37-75-58(70)42-22-12-9-13-23-42)53(79-60(72)44-26-16-11-17-27-44)52(41(48)3)78-59(71)43-24-14-10-15-25-43/h9-17,22-27,31,33,38-39,41,45,47-48,52-55,57H,6-8,18-21,28-30,32,34-37H2,1-5H3,(H,61,68)/b33-31-/t41-,45+,47+,48+,52+,53-,54?,55-,57+/m0/s1. The molecule has 0 bridgehead atoms. The van der Waals surface area contributed by atoms with Crippen molar-refractivity contribution >= 4 is 52.8 Å². The number of rotatable bonds is 29. The quantitative estimate of drug-likeness (QED) is 0.0269. The molecule has 19 nitrogen and oxygen atoms in total. The monoisotopic (exact) mass is 1090 g/mol. The van der Waals surface area contributed by atoms with E-state index in [9.17, 15) is 28.8 Å². The van der Waals surface area contributed by atoms with Crippen LogP contribution in [0.2, 0.25) is 0 Å². The summed E-state index contributed by atoms with van der Waals surface area (Å²) in [6, 6.07) is 25.7. The Labute approximate surface area is 461 Å². The molecule has 1 N–H and O–H groups in total. The molecule has 79 heavy (non-hydrogen) atoms. The van der Waals surface area contributed by atoms with E-state index in [0.29, 0.717) is 91.8 Å². The zero-order valence-electron chi connectivity index (χ0n) is 45.8. The molecule has 1 unspecified atom stereocenters. The van der Waals surface area contributed by atoms with Crippen molar-refractivity contribution in [2.45, 2.75) is 134 Å². The molecular weight excluding hydrogens is 1010 g/mol. The minimum absolute atomic E-state index is 0.0392.